The molecule has 4 nitrogen and oxygen atoms in total. The van der Waals surface area contributed by atoms with Crippen LogP contribution in [0.2, 0.25) is 0 Å². The van der Waals surface area contributed by atoms with Crippen LogP contribution < -0.4 is 0 Å². The summed E-state index contributed by atoms with van der Waals surface area (Å²) in [6, 6.07) is 3.72. The number of fused-ring (bicyclic) bond motifs is 1. The minimum atomic E-state index is -4.48. The Morgan fingerprint density at radius 1 is 1.42 bits per heavy atom. The van der Waals surface area contributed by atoms with Crippen LogP contribution >= 0.6 is 0 Å². The van der Waals surface area contributed by atoms with Gasteiger partial charge in [-0.15, -0.1) is 0 Å². The molecule has 1 aromatic carbocycles. The number of alkyl halides is 3. The lowest BCUT2D eigenvalue weighted by Gasteiger charge is -2.05. The Labute approximate surface area is 106 Å². The van der Waals surface area contributed by atoms with Crippen LogP contribution in [-0.2, 0) is 22.1 Å². The van der Waals surface area contributed by atoms with Crippen molar-refractivity contribution in [3.8, 4) is 0 Å². The van der Waals surface area contributed by atoms with E-state index in [4.69, 9.17) is 4.74 Å². The Morgan fingerprint density at radius 3 is 2.79 bits per heavy atom. The number of carbonyl (C=O) groups excluding carboxylic acids is 1. The van der Waals surface area contributed by atoms with Crippen LogP contribution in [0.3, 0.4) is 0 Å². The highest BCUT2D eigenvalue weighted by atomic mass is 19.4. The summed E-state index contributed by atoms with van der Waals surface area (Å²) in [7, 11) is 0. The molecule has 0 aliphatic carbocycles. The topological polar surface area (TPSA) is 55.0 Å². The number of hydrogen-bond acceptors (Lipinski definition) is 3. The molecule has 0 radical (unpaired) electrons. The minimum Gasteiger partial charge on any atom is -0.466 e. The first-order chi connectivity index (χ1) is 8.91. The molecule has 2 rings (SSSR count). The Bertz CT molecular complexity index is 605. The highest BCUT2D eigenvalue weighted by Crippen LogP contribution is 2.33. The first kappa shape index (κ1) is 13.4. The largest absolute Gasteiger partial charge is 0.466 e. The highest BCUT2D eigenvalue weighted by molar-refractivity contribution is 5.81. The molecule has 0 saturated heterocycles. The van der Waals surface area contributed by atoms with Crippen molar-refractivity contribution in [1.82, 2.24) is 9.97 Å². The summed E-state index contributed by atoms with van der Waals surface area (Å²) >= 11 is 0. The molecule has 0 fully saturated rings. The molecule has 0 unspecified atom stereocenters. The van der Waals surface area contributed by atoms with E-state index < -0.39 is 17.7 Å². The van der Waals surface area contributed by atoms with Crippen LogP contribution in [0.15, 0.2) is 18.2 Å². The molecule has 0 bridgehead atoms. The van der Waals surface area contributed by atoms with Crippen molar-refractivity contribution in [3.63, 3.8) is 0 Å². The maximum Gasteiger partial charge on any atom is 0.418 e. The smallest absolute Gasteiger partial charge is 0.418 e. The van der Waals surface area contributed by atoms with Crippen LogP contribution in [0, 0.1) is 0 Å². The number of rotatable bonds is 3. The molecule has 7 heteroatoms. The normalized spacial score (nSPS) is 11.8. The Kier molecular flexibility index (Phi) is 3.46. The summed E-state index contributed by atoms with van der Waals surface area (Å²) in [5.41, 5.74) is -0.764. The fourth-order valence-corrected chi connectivity index (χ4v) is 1.74. The molecule has 0 amide bonds. The first-order valence-electron chi connectivity index (χ1n) is 5.62. The van der Waals surface area contributed by atoms with E-state index in [9.17, 15) is 18.0 Å². The number of H-pyrrole nitrogens is 1. The predicted octanol–water partition coefficient (Wildman–Crippen LogP) is 2.69. The van der Waals surface area contributed by atoms with Crippen LogP contribution in [0.1, 0.15) is 18.3 Å². The fraction of sp³-hybridized carbons (Fsp3) is 0.333. The number of benzene rings is 1. The van der Waals surface area contributed by atoms with Crippen molar-refractivity contribution in [1.29, 1.82) is 0 Å². The van der Waals surface area contributed by atoms with Gasteiger partial charge in [0.15, 0.2) is 0 Å². The van der Waals surface area contributed by atoms with E-state index in [1.165, 1.54) is 12.1 Å². The van der Waals surface area contributed by atoms with Crippen LogP contribution in [0.4, 0.5) is 13.2 Å². The van der Waals surface area contributed by atoms with Gasteiger partial charge in [0.2, 0.25) is 0 Å². The van der Waals surface area contributed by atoms with E-state index in [0.29, 0.717) is 0 Å². The average molecular weight is 272 g/mol. The van der Waals surface area contributed by atoms with Crippen molar-refractivity contribution < 1.29 is 22.7 Å². The predicted molar refractivity (Wildman–Crippen MR) is 61.4 cm³/mol. The van der Waals surface area contributed by atoms with E-state index in [1.807, 2.05) is 0 Å². The summed E-state index contributed by atoms with van der Waals surface area (Å²) in [6.45, 7) is 1.87. The quantitative estimate of drug-likeness (QED) is 0.874. The number of esters is 1. The summed E-state index contributed by atoms with van der Waals surface area (Å²) in [6.07, 6.45) is -4.66. The number of imidazole rings is 1. The van der Waals surface area contributed by atoms with Gasteiger partial charge in [0.25, 0.3) is 0 Å². The maximum absolute atomic E-state index is 12.8. The monoisotopic (exact) mass is 272 g/mol. The molecule has 0 aliphatic rings. The molecular formula is C12H11F3N2O2. The van der Waals surface area contributed by atoms with Crippen LogP contribution in [-0.4, -0.2) is 22.5 Å². The number of aromatic nitrogens is 2. The second kappa shape index (κ2) is 4.91. The van der Waals surface area contributed by atoms with Crippen LogP contribution in [0.25, 0.3) is 11.0 Å². The van der Waals surface area contributed by atoms with Gasteiger partial charge in [-0.05, 0) is 19.1 Å². The molecule has 1 heterocycles. The van der Waals surface area contributed by atoms with Gasteiger partial charge in [0.05, 0.1) is 17.7 Å². The third-order valence-electron chi connectivity index (χ3n) is 2.48. The zero-order chi connectivity index (χ0) is 14.0. The number of nitrogens with one attached hydrogen (secondary N) is 1. The first-order valence-corrected chi connectivity index (χ1v) is 5.62. The lowest BCUT2D eigenvalue weighted by molar-refractivity contribution is -0.142. The van der Waals surface area contributed by atoms with E-state index >= 15 is 0 Å². The second-order valence-corrected chi connectivity index (χ2v) is 3.86. The lowest BCUT2D eigenvalue weighted by atomic mass is 10.2. The summed E-state index contributed by atoms with van der Waals surface area (Å²) < 4.78 is 43.0. The Morgan fingerprint density at radius 2 is 2.16 bits per heavy atom. The van der Waals surface area contributed by atoms with E-state index in [2.05, 4.69) is 9.97 Å². The third kappa shape index (κ3) is 2.86. The maximum atomic E-state index is 12.8. The number of nitrogens with zero attached hydrogens (tertiary/aromatic N) is 1. The van der Waals surface area contributed by atoms with E-state index in [1.54, 1.807) is 6.92 Å². The number of hydrogen-bond donors (Lipinski definition) is 1. The van der Waals surface area contributed by atoms with Gasteiger partial charge in [-0.1, -0.05) is 6.07 Å². The van der Waals surface area contributed by atoms with E-state index in [-0.39, 0.29) is 29.9 Å². The molecule has 2 aromatic rings. The lowest BCUT2D eigenvalue weighted by Crippen LogP contribution is -2.08. The third-order valence-corrected chi connectivity index (χ3v) is 2.48. The molecule has 0 atom stereocenters. The van der Waals surface area contributed by atoms with Crippen LogP contribution in [0.5, 0.6) is 0 Å². The van der Waals surface area contributed by atoms with Gasteiger partial charge in [-0.25, -0.2) is 4.98 Å². The SMILES string of the molecule is CCOC(=O)Cc1nc2c(C(F)(F)F)cccc2[nH]1. The highest BCUT2D eigenvalue weighted by Gasteiger charge is 2.33. The fourth-order valence-electron chi connectivity index (χ4n) is 1.74. The van der Waals surface area contributed by atoms with Crippen molar-refractivity contribution in [2.45, 2.75) is 19.5 Å². The second-order valence-electron chi connectivity index (χ2n) is 3.86. The van der Waals surface area contributed by atoms with Gasteiger partial charge in [-0.3, -0.25) is 4.79 Å². The van der Waals surface area contributed by atoms with Gasteiger partial charge in [-0.2, -0.15) is 13.2 Å². The van der Waals surface area contributed by atoms with Crippen molar-refractivity contribution in [2.24, 2.45) is 0 Å². The van der Waals surface area contributed by atoms with Crippen molar-refractivity contribution in [3.05, 3.63) is 29.6 Å². The number of carbonyl (C=O) groups is 1. The van der Waals surface area contributed by atoms with Gasteiger partial charge in [0, 0.05) is 0 Å². The summed E-state index contributed by atoms with van der Waals surface area (Å²) in [5.74, 6) is -0.375. The summed E-state index contributed by atoms with van der Waals surface area (Å²) in [5, 5.41) is 0. The average Bonchev–Trinajstić information content (AvgIpc) is 2.69. The van der Waals surface area contributed by atoms with E-state index in [0.717, 1.165) is 6.07 Å². The molecule has 0 spiro atoms. The summed E-state index contributed by atoms with van der Waals surface area (Å²) in [4.78, 5) is 17.8. The van der Waals surface area contributed by atoms with Gasteiger partial charge < -0.3 is 9.72 Å². The van der Waals surface area contributed by atoms with Crippen molar-refractivity contribution in [2.75, 3.05) is 6.61 Å². The zero-order valence-electron chi connectivity index (χ0n) is 10.0. The van der Waals surface area contributed by atoms with Crippen molar-refractivity contribution >= 4 is 17.0 Å². The number of aromatic amines is 1. The molecule has 1 aromatic heterocycles. The molecule has 0 aliphatic heterocycles. The van der Waals surface area contributed by atoms with Gasteiger partial charge >= 0.3 is 12.1 Å². The molecular weight excluding hydrogens is 261 g/mol. The zero-order valence-corrected chi connectivity index (χ0v) is 10.0. The molecule has 102 valence electrons. The standard InChI is InChI=1S/C12H11F3N2O2/c1-2-19-10(18)6-9-16-8-5-3-4-7(11(8)17-9)12(13,14)15/h3-5H,2,6H2,1H3,(H,16,17). The Hall–Kier alpha value is -2.05. The van der Waals surface area contributed by atoms with Gasteiger partial charge in [0.1, 0.15) is 17.8 Å². The molecule has 0 saturated carbocycles. The number of halogens is 3. The molecule has 1 N–H and O–H groups in total. The molecule has 19 heavy (non-hydrogen) atoms. The number of ether oxygens (including phenoxy) is 1. The number of para-hydroxylation sites is 1. The Balaban J connectivity index is 2.38. The minimum absolute atomic E-state index is 0.158.